The molecule has 0 aliphatic heterocycles. The molecule has 0 saturated carbocycles. The van der Waals surface area contributed by atoms with E-state index in [1.807, 2.05) is 17.8 Å². The summed E-state index contributed by atoms with van der Waals surface area (Å²) in [4.78, 5) is 12.7. The Morgan fingerprint density at radius 1 is 1.00 bits per heavy atom. The predicted octanol–water partition coefficient (Wildman–Crippen LogP) is 3.79. The molecule has 0 aromatic rings. The molecule has 0 radical (unpaired) electrons. The summed E-state index contributed by atoms with van der Waals surface area (Å²) < 4.78 is 1.98. The summed E-state index contributed by atoms with van der Waals surface area (Å²) in [5.41, 5.74) is 2.44. The van der Waals surface area contributed by atoms with E-state index < -0.39 is 8.96 Å². The third-order valence-electron chi connectivity index (χ3n) is 3.76. The number of hydrogen-bond acceptors (Lipinski definition) is 3. The molecule has 0 unspecified atom stereocenters. The summed E-state index contributed by atoms with van der Waals surface area (Å²) in [6, 6.07) is 0. The van der Waals surface area contributed by atoms with Crippen molar-refractivity contribution >= 4 is 20.5 Å². The summed E-state index contributed by atoms with van der Waals surface area (Å²) in [5.74, 6) is 0.0667. The van der Waals surface area contributed by atoms with Crippen LogP contribution in [0.4, 0.5) is 0 Å². The molecule has 0 aromatic carbocycles. The molecule has 0 N–H and O–H groups in total. The van der Waals surface area contributed by atoms with Crippen LogP contribution < -0.4 is 0 Å². The van der Waals surface area contributed by atoms with Crippen LogP contribution in [0.3, 0.4) is 0 Å². The predicted molar refractivity (Wildman–Crippen MR) is 94.2 cm³/mol. The summed E-state index contributed by atoms with van der Waals surface area (Å²) >= 11 is 0. The highest BCUT2D eigenvalue weighted by Gasteiger charge is 2.32. The minimum absolute atomic E-state index is 0.00575. The van der Waals surface area contributed by atoms with Crippen LogP contribution in [0.15, 0.2) is 28.4 Å². The highest BCUT2D eigenvalue weighted by atomic mass is 28.3. The molecule has 0 spiro atoms. The van der Waals surface area contributed by atoms with E-state index in [0.717, 1.165) is 5.57 Å². The molecule has 0 amide bonds. The molecule has 0 saturated heterocycles. The Labute approximate surface area is 131 Å². The Morgan fingerprint density at radius 3 is 1.90 bits per heavy atom. The molecule has 0 bridgehead atoms. The van der Waals surface area contributed by atoms with Gasteiger partial charge in [-0.25, -0.2) is 0 Å². The van der Waals surface area contributed by atoms with Gasteiger partial charge in [0.15, 0.2) is 8.96 Å². The van der Waals surface area contributed by atoms with Crippen molar-refractivity contribution in [1.29, 1.82) is 0 Å². The van der Waals surface area contributed by atoms with Gasteiger partial charge in [-0.1, -0.05) is 60.7 Å². The fourth-order valence-electron chi connectivity index (χ4n) is 1.96. The highest BCUT2D eigenvalue weighted by Crippen LogP contribution is 2.36. The second kappa shape index (κ2) is 5.91. The van der Waals surface area contributed by atoms with Crippen molar-refractivity contribution in [2.75, 3.05) is 7.05 Å². The van der Waals surface area contributed by atoms with Gasteiger partial charge in [0, 0.05) is 12.6 Å². The maximum atomic E-state index is 12.7. The van der Waals surface area contributed by atoms with Gasteiger partial charge >= 0.3 is 0 Å². The minimum atomic E-state index is -1.04. The first-order valence-corrected chi connectivity index (χ1v) is 10.5. The largest absolute Gasteiger partial charge is 0.330 e. The summed E-state index contributed by atoms with van der Waals surface area (Å²) in [6.45, 7) is 17.2. The number of nitrogens with zero attached hydrogens (tertiary/aromatic N) is 2. The zero-order valence-electron chi connectivity index (χ0n) is 15.0. The number of carbonyl (C=O) groups is 1. The lowest BCUT2D eigenvalue weighted by Gasteiger charge is -2.30. The van der Waals surface area contributed by atoms with E-state index >= 15 is 0 Å². The van der Waals surface area contributed by atoms with Crippen LogP contribution in [0.1, 0.15) is 41.5 Å². The fraction of sp³-hybridized carbons (Fsp3) is 0.647. The lowest BCUT2D eigenvalue weighted by atomic mass is 9.74. The van der Waals surface area contributed by atoms with Crippen molar-refractivity contribution in [3.63, 3.8) is 0 Å². The SMILES string of the molecule is CN(N=C1C=C(C(C)(C)C)C=C(C(C)(C)C)C1=O)[SiH](C)C. The van der Waals surface area contributed by atoms with E-state index in [9.17, 15) is 4.79 Å². The first-order chi connectivity index (χ1) is 9.34. The monoisotopic (exact) mass is 306 g/mol. The zero-order chi connectivity index (χ0) is 16.6. The van der Waals surface area contributed by atoms with E-state index in [1.54, 1.807) is 0 Å². The summed E-state index contributed by atoms with van der Waals surface area (Å²) in [5, 5.41) is 4.59. The molecular formula is C17H30N2OSi. The lowest BCUT2D eigenvalue weighted by molar-refractivity contribution is -0.110. The van der Waals surface area contributed by atoms with Crippen LogP contribution in [-0.4, -0.2) is 32.2 Å². The normalized spacial score (nSPS) is 19.0. The molecule has 0 heterocycles. The van der Waals surface area contributed by atoms with Gasteiger partial charge in [-0.05, 0) is 22.5 Å². The standard InChI is InChI=1S/C17H30N2OSi/c1-16(2,3)12-10-13(17(4,5)6)15(20)14(11-12)18-19(7)21(8)9/h10-11,21H,1-9H3. The maximum absolute atomic E-state index is 12.7. The maximum Gasteiger partial charge on any atom is 0.209 e. The number of rotatable bonds is 2. The number of hydrogen-bond donors (Lipinski definition) is 0. The van der Waals surface area contributed by atoms with Crippen molar-refractivity contribution in [2.24, 2.45) is 15.9 Å². The summed E-state index contributed by atoms with van der Waals surface area (Å²) in [7, 11) is 0.926. The molecule has 4 heteroatoms. The zero-order valence-corrected chi connectivity index (χ0v) is 16.2. The van der Waals surface area contributed by atoms with Crippen molar-refractivity contribution in [1.82, 2.24) is 4.67 Å². The number of carbonyl (C=O) groups excluding carboxylic acids is 1. The number of Topliss-reactive ketones (excluding diaryl/α,β-unsaturated/α-hetero) is 1. The third kappa shape index (κ3) is 4.40. The number of hydrazone groups is 1. The Hall–Kier alpha value is -1.16. The second-order valence-corrected chi connectivity index (χ2v) is 11.1. The van der Waals surface area contributed by atoms with Gasteiger partial charge in [0.05, 0.1) is 0 Å². The van der Waals surface area contributed by atoms with Gasteiger partial charge in [0.2, 0.25) is 5.78 Å². The second-order valence-electron chi connectivity index (χ2n) is 8.14. The van der Waals surface area contributed by atoms with Crippen molar-refractivity contribution in [3.8, 4) is 0 Å². The van der Waals surface area contributed by atoms with E-state index in [0.29, 0.717) is 5.71 Å². The molecule has 0 atom stereocenters. The van der Waals surface area contributed by atoms with Crippen LogP contribution in [0.5, 0.6) is 0 Å². The van der Waals surface area contributed by atoms with Crippen molar-refractivity contribution in [2.45, 2.75) is 54.6 Å². The average Bonchev–Trinajstić information content (AvgIpc) is 2.28. The fourth-order valence-corrected chi connectivity index (χ4v) is 2.32. The Balaban J connectivity index is 3.39. The first kappa shape index (κ1) is 17.9. The highest BCUT2D eigenvalue weighted by molar-refractivity contribution is 6.54. The lowest BCUT2D eigenvalue weighted by Crippen LogP contribution is -2.33. The molecule has 1 rings (SSSR count). The summed E-state index contributed by atoms with van der Waals surface area (Å²) in [6.07, 6.45) is 4.03. The Kier molecular flexibility index (Phi) is 5.04. The van der Waals surface area contributed by atoms with Crippen LogP contribution >= 0.6 is 0 Å². The van der Waals surface area contributed by atoms with Gasteiger partial charge in [-0.15, -0.1) is 0 Å². The van der Waals surface area contributed by atoms with Gasteiger partial charge < -0.3 is 4.67 Å². The Morgan fingerprint density at radius 2 is 1.52 bits per heavy atom. The molecule has 1 aliphatic rings. The quantitative estimate of drug-likeness (QED) is 0.442. The van der Waals surface area contributed by atoms with E-state index in [-0.39, 0.29) is 16.6 Å². The molecular weight excluding hydrogens is 276 g/mol. The number of ketones is 1. The molecule has 118 valence electrons. The average molecular weight is 307 g/mol. The van der Waals surface area contributed by atoms with Gasteiger partial charge in [0.1, 0.15) is 5.71 Å². The molecule has 3 nitrogen and oxygen atoms in total. The third-order valence-corrected chi connectivity index (χ3v) is 5.37. The van der Waals surface area contributed by atoms with Crippen molar-refractivity contribution in [3.05, 3.63) is 23.3 Å². The van der Waals surface area contributed by atoms with Gasteiger partial charge in [0.25, 0.3) is 0 Å². The minimum Gasteiger partial charge on any atom is -0.330 e. The van der Waals surface area contributed by atoms with E-state index in [4.69, 9.17) is 0 Å². The smallest absolute Gasteiger partial charge is 0.209 e. The topological polar surface area (TPSA) is 32.7 Å². The first-order valence-electron chi connectivity index (χ1n) is 7.64. The van der Waals surface area contributed by atoms with Gasteiger partial charge in [-0.3, -0.25) is 4.79 Å². The van der Waals surface area contributed by atoms with Crippen LogP contribution in [0.25, 0.3) is 0 Å². The molecule has 1 aliphatic carbocycles. The van der Waals surface area contributed by atoms with Crippen molar-refractivity contribution < 1.29 is 4.79 Å². The molecule has 0 aromatic heterocycles. The Bertz CT molecular complexity index is 514. The van der Waals surface area contributed by atoms with Crippen LogP contribution in [-0.2, 0) is 4.79 Å². The van der Waals surface area contributed by atoms with E-state index in [2.05, 4.69) is 65.8 Å². The number of allylic oxidation sites excluding steroid dienone is 4. The van der Waals surface area contributed by atoms with Crippen LogP contribution in [0.2, 0.25) is 13.1 Å². The molecule has 0 fully saturated rings. The van der Waals surface area contributed by atoms with E-state index in [1.165, 1.54) is 5.57 Å². The molecule has 21 heavy (non-hydrogen) atoms. The van der Waals surface area contributed by atoms with Gasteiger partial charge in [-0.2, -0.15) is 5.10 Å². The van der Waals surface area contributed by atoms with Crippen LogP contribution in [0, 0.1) is 10.8 Å².